The van der Waals surface area contributed by atoms with Gasteiger partial charge in [0.05, 0.1) is 0 Å². The fourth-order valence-electron chi connectivity index (χ4n) is 3.75. The molecule has 1 N–H and O–H groups in total. The number of pyridine rings is 1. The third-order valence-electron chi connectivity index (χ3n) is 4.69. The van der Waals surface area contributed by atoms with Gasteiger partial charge in [0.25, 0.3) is 0 Å². The molecule has 0 aliphatic heterocycles. The lowest BCUT2D eigenvalue weighted by atomic mass is 9.78. The number of rotatable bonds is 2. The van der Waals surface area contributed by atoms with Crippen LogP contribution in [0.15, 0.2) is 18.3 Å². The fourth-order valence-corrected chi connectivity index (χ4v) is 3.75. The van der Waals surface area contributed by atoms with Crippen molar-refractivity contribution in [3.05, 3.63) is 29.6 Å². The molecule has 0 radical (unpaired) electrons. The smallest absolute Gasteiger partial charge is 0.0469 e. The summed E-state index contributed by atoms with van der Waals surface area (Å²) in [4.78, 5) is 4.68. The molecule has 2 nitrogen and oxygen atoms in total. The fraction of sp³-hybridized carbons (Fsp3) is 0.667. The summed E-state index contributed by atoms with van der Waals surface area (Å²) in [5.41, 5.74) is 2.93. The Kier molecular flexibility index (Phi) is 3.15. The molecule has 2 aliphatic carbocycles. The highest BCUT2D eigenvalue weighted by molar-refractivity contribution is 5.26. The molecule has 0 amide bonds. The van der Waals surface area contributed by atoms with Crippen LogP contribution >= 0.6 is 0 Å². The van der Waals surface area contributed by atoms with Crippen LogP contribution in [0.5, 0.6) is 0 Å². The summed E-state index contributed by atoms with van der Waals surface area (Å²) in [5, 5.41) is 3.44. The second kappa shape index (κ2) is 4.77. The Morgan fingerprint density at radius 3 is 3.06 bits per heavy atom. The second-order valence-corrected chi connectivity index (χ2v) is 5.61. The third-order valence-corrected chi connectivity index (χ3v) is 4.69. The first-order valence-corrected chi connectivity index (χ1v) is 6.99. The van der Waals surface area contributed by atoms with Crippen LogP contribution in [0, 0.1) is 5.92 Å². The summed E-state index contributed by atoms with van der Waals surface area (Å²) in [6, 6.07) is 5.11. The summed E-state index contributed by atoms with van der Waals surface area (Å²) >= 11 is 0. The van der Waals surface area contributed by atoms with E-state index in [9.17, 15) is 0 Å². The van der Waals surface area contributed by atoms with Crippen molar-refractivity contribution in [2.24, 2.45) is 5.92 Å². The molecule has 17 heavy (non-hydrogen) atoms. The predicted octanol–water partition coefficient (Wildman–Crippen LogP) is 2.89. The molecule has 0 aromatic carbocycles. The third kappa shape index (κ3) is 2.11. The van der Waals surface area contributed by atoms with Crippen LogP contribution in [-0.4, -0.2) is 18.1 Å². The van der Waals surface area contributed by atoms with E-state index in [1.54, 1.807) is 0 Å². The van der Waals surface area contributed by atoms with Gasteiger partial charge in [0.2, 0.25) is 0 Å². The molecule has 3 atom stereocenters. The maximum absolute atomic E-state index is 4.68. The summed E-state index contributed by atoms with van der Waals surface area (Å²) in [5.74, 6) is 1.60. The molecule has 3 unspecified atom stereocenters. The Balaban J connectivity index is 1.81. The van der Waals surface area contributed by atoms with E-state index in [4.69, 9.17) is 0 Å². The van der Waals surface area contributed by atoms with Gasteiger partial charge in [-0.05, 0) is 63.1 Å². The van der Waals surface area contributed by atoms with E-state index in [1.807, 2.05) is 6.20 Å². The molecule has 0 spiro atoms. The highest BCUT2D eigenvalue weighted by Crippen LogP contribution is 2.42. The molecule has 2 aliphatic rings. The summed E-state index contributed by atoms with van der Waals surface area (Å²) in [7, 11) is 2.10. The Labute approximate surface area is 104 Å². The van der Waals surface area contributed by atoms with Crippen molar-refractivity contribution in [3.8, 4) is 0 Å². The van der Waals surface area contributed by atoms with Gasteiger partial charge in [0.1, 0.15) is 0 Å². The number of nitrogens with zero attached hydrogens (tertiary/aromatic N) is 1. The Morgan fingerprint density at radius 2 is 2.24 bits per heavy atom. The Morgan fingerprint density at radius 1 is 1.29 bits per heavy atom. The van der Waals surface area contributed by atoms with E-state index in [2.05, 4.69) is 29.5 Å². The van der Waals surface area contributed by atoms with E-state index < -0.39 is 0 Å². The number of nitrogens with one attached hydrogen (secondary N) is 1. The minimum absolute atomic E-state index is 0.735. The van der Waals surface area contributed by atoms with Crippen molar-refractivity contribution >= 4 is 0 Å². The van der Waals surface area contributed by atoms with Crippen molar-refractivity contribution in [1.29, 1.82) is 0 Å². The van der Waals surface area contributed by atoms with Crippen LogP contribution < -0.4 is 5.32 Å². The molecule has 1 heterocycles. The molecule has 1 saturated carbocycles. The van der Waals surface area contributed by atoms with Crippen LogP contribution in [0.4, 0.5) is 0 Å². The minimum Gasteiger partial charge on any atom is -0.317 e. The van der Waals surface area contributed by atoms with Crippen molar-refractivity contribution in [3.63, 3.8) is 0 Å². The molecule has 2 heteroatoms. The first-order valence-electron chi connectivity index (χ1n) is 6.99. The van der Waals surface area contributed by atoms with Gasteiger partial charge in [-0.2, -0.15) is 0 Å². The number of fused-ring (bicyclic) bond motifs is 1. The lowest BCUT2D eigenvalue weighted by Crippen LogP contribution is -2.23. The molecular formula is C15H22N2. The first-order chi connectivity index (χ1) is 8.38. The molecule has 1 aromatic rings. The monoisotopic (exact) mass is 230 g/mol. The number of aromatic nitrogens is 1. The first kappa shape index (κ1) is 11.2. The molecule has 1 fully saturated rings. The summed E-state index contributed by atoms with van der Waals surface area (Å²) in [6.45, 7) is 0. The van der Waals surface area contributed by atoms with E-state index in [1.165, 1.54) is 49.8 Å². The van der Waals surface area contributed by atoms with Crippen molar-refractivity contribution in [1.82, 2.24) is 10.3 Å². The second-order valence-electron chi connectivity index (χ2n) is 5.61. The molecule has 3 rings (SSSR count). The van der Waals surface area contributed by atoms with Gasteiger partial charge in [-0.15, -0.1) is 0 Å². The van der Waals surface area contributed by atoms with Crippen LogP contribution in [-0.2, 0) is 6.42 Å². The normalized spacial score (nSPS) is 32.4. The van der Waals surface area contributed by atoms with Gasteiger partial charge in [0.15, 0.2) is 0 Å². The van der Waals surface area contributed by atoms with E-state index in [0.717, 1.165) is 17.9 Å². The number of hydrogen-bond acceptors (Lipinski definition) is 2. The SMILES string of the molecule is CNC1CCC(C2CCCc3cccnc32)C1. The lowest BCUT2D eigenvalue weighted by Gasteiger charge is -2.29. The van der Waals surface area contributed by atoms with Crippen molar-refractivity contribution in [2.75, 3.05) is 7.05 Å². The largest absolute Gasteiger partial charge is 0.317 e. The molecule has 0 saturated heterocycles. The van der Waals surface area contributed by atoms with Crippen LogP contribution in [0.1, 0.15) is 49.3 Å². The van der Waals surface area contributed by atoms with E-state index in [-0.39, 0.29) is 0 Å². The highest BCUT2D eigenvalue weighted by atomic mass is 14.9. The van der Waals surface area contributed by atoms with Gasteiger partial charge in [-0.3, -0.25) is 4.98 Å². The number of hydrogen-bond donors (Lipinski definition) is 1. The molecular weight excluding hydrogens is 208 g/mol. The van der Waals surface area contributed by atoms with E-state index in [0.29, 0.717) is 0 Å². The Hall–Kier alpha value is -0.890. The average molecular weight is 230 g/mol. The number of aryl methyl sites for hydroxylation is 1. The average Bonchev–Trinajstić information content (AvgIpc) is 2.87. The zero-order valence-electron chi connectivity index (χ0n) is 10.7. The highest BCUT2D eigenvalue weighted by Gasteiger charge is 2.33. The zero-order chi connectivity index (χ0) is 11.7. The molecule has 0 bridgehead atoms. The minimum atomic E-state index is 0.735. The van der Waals surface area contributed by atoms with Gasteiger partial charge in [-0.25, -0.2) is 0 Å². The topological polar surface area (TPSA) is 24.9 Å². The quantitative estimate of drug-likeness (QED) is 0.845. The van der Waals surface area contributed by atoms with Gasteiger partial charge in [-0.1, -0.05) is 6.07 Å². The van der Waals surface area contributed by atoms with Crippen molar-refractivity contribution < 1.29 is 0 Å². The summed E-state index contributed by atoms with van der Waals surface area (Å²) < 4.78 is 0. The van der Waals surface area contributed by atoms with Crippen molar-refractivity contribution in [2.45, 2.75) is 50.5 Å². The van der Waals surface area contributed by atoms with Gasteiger partial charge >= 0.3 is 0 Å². The zero-order valence-corrected chi connectivity index (χ0v) is 10.7. The maximum Gasteiger partial charge on any atom is 0.0469 e. The summed E-state index contributed by atoms with van der Waals surface area (Å²) in [6.07, 6.45) is 9.99. The van der Waals surface area contributed by atoms with Gasteiger partial charge < -0.3 is 5.32 Å². The van der Waals surface area contributed by atoms with Crippen LogP contribution in [0.3, 0.4) is 0 Å². The van der Waals surface area contributed by atoms with Crippen LogP contribution in [0.2, 0.25) is 0 Å². The molecule has 92 valence electrons. The molecule has 1 aromatic heterocycles. The predicted molar refractivity (Wildman–Crippen MR) is 70.1 cm³/mol. The lowest BCUT2D eigenvalue weighted by molar-refractivity contribution is 0.371. The van der Waals surface area contributed by atoms with E-state index >= 15 is 0 Å². The van der Waals surface area contributed by atoms with Gasteiger partial charge in [0, 0.05) is 23.9 Å². The maximum atomic E-state index is 4.68. The van der Waals surface area contributed by atoms with Crippen LogP contribution in [0.25, 0.3) is 0 Å². The Bertz CT molecular complexity index is 388. The standard InChI is InChI=1S/C15H22N2/c1-16-13-8-7-12(10-13)14-6-2-4-11-5-3-9-17-15(11)14/h3,5,9,12-14,16H,2,4,6-8,10H2,1H3.